The lowest BCUT2D eigenvalue weighted by atomic mass is 10.1. The smallest absolute Gasteiger partial charge is 0.117 e. The Kier molecular flexibility index (Phi) is 4.29. The third kappa shape index (κ3) is 2.90. The summed E-state index contributed by atoms with van der Waals surface area (Å²) in [4.78, 5) is 4.46. The Hall–Kier alpha value is -0.190. The molecule has 0 bridgehead atoms. The first kappa shape index (κ1) is 11.9. The van der Waals surface area contributed by atoms with Crippen LogP contribution in [0.5, 0.6) is 0 Å². The van der Waals surface area contributed by atoms with Crippen LogP contribution in [0.25, 0.3) is 0 Å². The number of aliphatic hydroxyl groups is 1. The van der Waals surface area contributed by atoms with Gasteiger partial charge in [0.05, 0.1) is 6.10 Å². The van der Waals surface area contributed by atoms with E-state index in [-0.39, 0.29) is 0 Å². The zero-order chi connectivity index (χ0) is 10.7. The fourth-order valence-corrected chi connectivity index (χ4v) is 2.01. The van der Waals surface area contributed by atoms with E-state index in [0.717, 1.165) is 13.1 Å². The van der Waals surface area contributed by atoms with Gasteiger partial charge in [-0.15, -0.1) is 0 Å². The van der Waals surface area contributed by atoms with Crippen LogP contribution in [0.4, 0.5) is 4.39 Å². The van der Waals surface area contributed by atoms with Crippen molar-refractivity contribution in [3.05, 3.63) is 0 Å². The molecule has 0 radical (unpaired) electrons. The van der Waals surface area contributed by atoms with E-state index in [4.69, 9.17) is 0 Å². The highest BCUT2D eigenvalue weighted by atomic mass is 19.1. The molecular weight excluding hydrogens is 183 g/mol. The average Bonchev–Trinajstić information content (AvgIpc) is 2.14. The zero-order valence-corrected chi connectivity index (χ0v) is 9.28. The van der Waals surface area contributed by atoms with Crippen molar-refractivity contribution in [2.45, 2.75) is 32.0 Å². The second-order valence-electron chi connectivity index (χ2n) is 4.39. The molecule has 1 heterocycles. The maximum Gasteiger partial charge on any atom is 0.117 e. The summed E-state index contributed by atoms with van der Waals surface area (Å²) >= 11 is 0. The summed E-state index contributed by atoms with van der Waals surface area (Å²) in [5.74, 6) is 0. The molecule has 1 N–H and O–H groups in total. The number of rotatable bonds is 3. The summed E-state index contributed by atoms with van der Waals surface area (Å²) in [6, 6.07) is 0.955. The van der Waals surface area contributed by atoms with Gasteiger partial charge in [-0.25, -0.2) is 4.39 Å². The Balaban J connectivity index is 2.41. The van der Waals surface area contributed by atoms with Crippen LogP contribution in [0, 0.1) is 0 Å². The molecule has 0 aromatic heterocycles. The maximum atomic E-state index is 12.1. The SMILES string of the molecule is C[C@@H]1CN(CC(O)CF)C[C@H](C)N1C. The van der Waals surface area contributed by atoms with E-state index in [2.05, 4.69) is 30.7 Å². The van der Waals surface area contributed by atoms with Crippen molar-refractivity contribution in [2.75, 3.05) is 33.4 Å². The number of nitrogens with zero attached hydrogens (tertiary/aromatic N) is 2. The predicted molar refractivity (Wildman–Crippen MR) is 55.1 cm³/mol. The van der Waals surface area contributed by atoms with E-state index in [9.17, 15) is 9.50 Å². The lowest BCUT2D eigenvalue weighted by Crippen LogP contribution is -2.56. The third-order valence-electron chi connectivity index (χ3n) is 3.08. The first-order chi connectivity index (χ1) is 6.54. The number of hydrogen-bond donors (Lipinski definition) is 1. The molecule has 1 saturated heterocycles. The minimum absolute atomic E-state index is 0.457. The van der Waals surface area contributed by atoms with Crippen molar-refractivity contribution in [3.8, 4) is 0 Å². The van der Waals surface area contributed by atoms with E-state index in [0.29, 0.717) is 18.6 Å². The number of likely N-dealkylation sites (N-methyl/N-ethyl adjacent to an activating group) is 1. The maximum absolute atomic E-state index is 12.1. The summed E-state index contributed by atoms with van der Waals surface area (Å²) in [5, 5.41) is 9.22. The number of piperazine rings is 1. The molecule has 3 atom stereocenters. The molecule has 1 aliphatic heterocycles. The van der Waals surface area contributed by atoms with Crippen molar-refractivity contribution in [2.24, 2.45) is 0 Å². The van der Waals surface area contributed by atoms with Gasteiger partial charge in [0.1, 0.15) is 6.67 Å². The van der Waals surface area contributed by atoms with Gasteiger partial charge in [-0.1, -0.05) is 0 Å². The van der Waals surface area contributed by atoms with Gasteiger partial charge in [0, 0.05) is 31.7 Å². The Morgan fingerprint density at radius 3 is 2.29 bits per heavy atom. The second-order valence-corrected chi connectivity index (χ2v) is 4.39. The molecule has 1 unspecified atom stereocenters. The van der Waals surface area contributed by atoms with Gasteiger partial charge in [-0.2, -0.15) is 0 Å². The summed E-state index contributed by atoms with van der Waals surface area (Å²) in [6.45, 7) is 5.96. The number of hydrogen-bond acceptors (Lipinski definition) is 3. The van der Waals surface area contributed by atoms with Gasteiger partial charge in [-0.05, 0) is 20.9 Å². The Morgan fingerprint density at radius 1 is 1.36 bits per heavy atom. The largest absolute Gasteiger partial charge is 0.389 e. The number of β-amino-alcohol motifs (C(OH)–C–C–N with tert-alkyl or cyclic N) is 1. The normalized spacial score (nSPS) is 33.2. The monoisotopic (exact) mass is 204 g/mol. The van der Waals surface area contributed by atoms with Crippen LogP contribution in [0.2, 0.25) is 0 Å². The van der Waals surface area contributed by atoms with Crippen molar-refractivity contribution >= 4 is 0 Å². The number of alkyl halides is 1. The lowest BCUT2D eigenvalue weighted by Gasteiger charge is -2.42. The standard InChI is InChI=1S/C10H21FN2O/c1-8-5-13(7-10(14)4-11)6-9(2)12(8)3/h8-10,14H,4-7H2,1-3H3/t8-,9+,10?. The van der Waals surface area contributed by atoms with Crippen LogP contribution in [-0.2, 0) is 0 Å². The zero-order valence-electron chi connectivity index (χ0n) is 9.28. The number of aliphatic hydroxyl groups excluding tert-OH is 1. The fraction of sp³-hybridized carbons (Fsp3) is 1.00. The van der Waals surface area contributed by atoms with Crippen molar-refractivity contribution < 1.29 is 9.50 Å². The van der Waals surface area contributed by atoms with Gasteiger partial charge in [-0.3, -0.25) is 9.80 Å². The molecule has 14 heavy (non-hydrogen) atoms. The molecule has 3 nitrogen and oxygen atoms in total. The molecule has 0 saturated carbocycles. The molecule has 1 fully saturated rings. The first-order valence-electron chi connectivity index (χ1n) is 5.23. The molecule has 0 aromatic carbocycles. The molecule has 1 rings (SSSR count). The van der Waals surface area contributed by atoms with Crippen LogP contribution < -0.4 is 0 Å². The Bertz CT molecular complexity index is 165. The summed E-state index contributed by atoms with van der Waals surface area (Å²) in [5.41, 5.74) is 0. The minimum atomic E-state index is -0.821. The molecular formula is C10H21FN2O. The topological polar surface area (TPSA) is 26.7 Å². The molecule has 1 aliphatic rings. The highest BCUT2D eigenvalue weighted by molar-refractivity contribution is 4.83. The second kappa shape index (κ2) is 5.05. The highest BCUT2D eigenvalue weighted by Crippen LogP contribution is 2.13. The summed E-state index contributed by atoms with van der Waals surface area (Å²) in [7, 11) is 2.11. The average molecular weight is 204 g/mol. The van der Waals surface area contributed by atoms with E-state index in [1.54, 1.807) is 0 Å². The van der Waals surface area contributed by atoms with Crippen molar-refractivity contribution in [1.82, 2.24) is 9.80 Å². The molecule has 84 valence electrons. The van der Waals surface area contributed by atoms with Crippen LogP contribution in [0.1, 0.15) is 13.8 Å². The van der Waals surface area contributed by atoms with Crippen molar-refractivity contribution in [1.29, 1.82) is 0 Å². The van der Waals surface area contributed by atoms with Gasteiger partial charge in [0.15, 0.2) is 0 Å². The Morgan fingerprint density at radius 2 is 1.86 bits per heavy atom. The van der Waals surface area contributed by atoms with E-state index in [1.165, 1.54) is 0 Å². The van der Waals surface area contributed by atoms with E-state index < -0.39 is 12.8 Å². The molecule has 0 aliphatic carbocycles. The third-order valence-corrected chi connectivity index (χ3v) is 3.08. The quantitative estimate of drug-likeness (QED) is 0.718. The highest BCUT2D eigenvalue weighted by Gasteiger charge is 2.27. The van der Waals surface area contributed by atoms with Gasteiger partial charge >= 0.3 is 0 Å². The minimum Gasteiger partial charge on any atom is -0.389 e. The van der Waals surface area contributed by atoms with E-state index in [1.807, 2.05) is 0 Å². The summed E-state index contributed by atoms with van der Waals surface area (Å²) < 4.78 is 12.1. The predicted octanol–water partition coefficient (Wildman–Crippen LogP) is 0.341. The van der Waals surface area contributed by atoms with Crippen LogP contribution in [-0.4, -0.2) is 66.5 Å². The fourth-order valence-electron chi connectivity index (χ4n) is 2.01. The van der Waals surface area contributed by atoms with Crippen molar-refractivity contribution in [3.63, 3.8) is 0 Å². The van der Waals surface area contributed by atoms with Gasteiger partial charge in [0.25, 0.3) is 0 Å². The van der Waals surface area contributed by atoms with E-state index >= 15 is 0 Å². The van der Waals surface area contributed by atoms with Crippen LogP contribution in [0.15, 0.2) is 0 Å². The van der Waals surface area contributed by atoms with Gasteiger partial charge < -0.3 is 5.11 Å². The molecule has 0 aromatic rings. The molecule has 0 spiro atoms. The molecule has 0 amide bonds. The lowest BCUT2D eigenvalue weighted by molar-refractivity contribution is 0.0221. The molecule has 4 heteroatoms. The Labute approximate surface area is 85.5 Å². The van der Waals surface area contributed by atoms with Crippen LogP contribution >= 0.6 is 0 Å². The van der Waals surface area contributed by atoms with Gasteiger partial charge in [0.2, 0.25) is 0 Å². The summed E-state index contributed by atoms with van der Waals surface area (Å²) in [6.07, 6.45) is -0.821. The number of halogens is 1. The van der Waals surface area contributed by atoms with Crippen LogP contribution in [0.3, 0.4) is 0 Å². The first-order valence-corrected chi connectivity index (χ1v) is 5.23.